The van der Waals surface area contributed by atoms with Crippen LogP contribution in [0, 0.1) is 5.92 Å². The Labute approximate surface area is 119 Å². The van der Waals surface area contributed by atoms with E-state index in [1.807, 2.05) is 4.90 Å². The molecular formula is C14H24N2O4. The third-order valence-corrected chi connectivity index (χ3v) is 4.48. The number of hydrogen-bond donors (Lipinski definition) is 0. The Kier molecular flexibility index (Phi) is 4.55. The van der Waals surface area contributed by atoms with Crippen molar-refractivity contribution in [2.45, 2.75) is 18.6 Å². The van der Waals surface area contributed by atoms with Crippen LogP contribution in [0.2, 0.25) is 0 Å². The van der Waals surface area contributed by atoms with Crippen LogP contribution in [0.1, 0.15) is 6.42 Å². The van der Waals surface area contributed by atoms with Crippen LogP contribution in [0.4, 0.5) is 0 Å². The molecule has 1 amide bonds. The molecular weight excluding hydrogens is 260 g/mol. The molecule has 2 bridgehead atoms. The lowest BCUT2D eigenvalue weighted by atomic mass is 9.98. The average molecular weight is 284 g/mol. The fourth-order valence-electron chi connectivity index (χ4n) is 3.42. The molecule has 3 atom stereocenters. The van der Waals surface area contributed by atoms with Gasteiger partial charge in [-0.2, -0.15) is 0 Å². The molecule has 0 saturated carbocycles. The van der Waals surface area contributed by atoms with Crippen molar-refractivity contribution in [3.8, 4) is 0 Å². The third kappa shape index (κ3) is 2.98. The minimum Gasteiger partial charge on any atom is -0.383 e. The number of carbonyl (C=O) groups is 1. The first-order chi connectivity index (χ1) is 9.78. The predicted molar refractivity (Wildman–Crippen MR) is 72.5 cm³/mol. The average Bonchev–Trinajstić information content (AvgIpc) is 2.80. The zero-order valence-electron chi connectivity index (χ0n) is 12.1. The van der Waals surface area contributed by atoms with E-state index >= 15 is 0 Å². The molecule has 3 aliphatic heterocycles. The molecule has 0 unspecified atom stereocenters. The molecule has 0 aromatic carbocycles. The van der Waals surface area contributed by atoms with Crippen molar-refractivity contribution in [2.75, 3.05) is 59.7 Å². The number of ether oxygens (including phenoxy) is 3. The van der Waals surface area contributed by atoms with Gasteiger partial charge in [0.05, 0.1) is 37.9 Å². The number of amides is 1. The number of rotatable bonds is 4. The number of likely N-dealkylation sites (tertiary alicyclic amines) is 1. The van der Waals surface area contributed by atoms with Gasteiger partial charge in [0.15, 0.2) is 0 Å². The van der Waals surface area contributed by atoms with Gasteiger partial charge in [-0.1, -0.05) is 0 Å². The van der Waals surface area contributed by atoms with Crippen molar-refractivity contribution < 1.29 is 19.0 Å². The number of methoxy groups -OCH3 is 1. The van der Waals surface area contributed by atoms with Gasteiger partial charge >= 0.3 is 0 Å². The molecule has 20 heavy (non-hydrogen) atoms. The minimum atomic E-state index is 0.0330. The van der Waals surface area contributed by atoms with Gasteiger partial charge in [-0.05, 0) is 6.42 Å². The maximum absolute atomic E-state index is 12.6. The highest BCUT2D eigenvalue weighted by atomic mass is 16.5. The van der Waals surface area contributed by atoms with Crippen LogP contribution in [0.5, 0.6) is 0 Å². The molecule has 3 aliphatic rings. The van der Waals surface area contributed by atoms with E-state index in [0.29, 0.717) is 13.2 Å². The van der Waals surface area contributed by atoms with Crippen LogP contribution < -0.4 is 0 Å². The van der Waals surface area contributed by atoms with Crippen LogP contribution in [-0.2, 0) is 19.0 Å². The van der Waals surface area contributed by atoms with Gasteiger partial charge in [0.25, 0.3) is 0 Å². The Hall–Kier alpha value is -0.690. The highest BCUT2D eigenvalue weighted by Crippen LogP contribution is 2.33. The van der Waals surface area contributed by atoms with Gasteiger partial charge in [-0.3, -0.25) is 9.69 Å². The monoisotopic (exact) mass is 284 g/mol. The van der Waals surface area contributed by atoms with Crippen LogP contribution in [0.3, 0.4) is 0 Å². The highest BCUT2D eigenvalue weighted by molar-refractivity contribution is 5.80. The molecule has 3 rings (SSSR count). The van der Waals surface area contributed by atoms with E-state index in [0.717, 1.165) is 45.8 Å². The maximum atomic E-state index is 12.6. The van der Waals surface area contributed by atoms with Crippen molar-refractivity contribution in [2.24, 2.45) is 5.92 Å². The van der Waals surface area contributed by atoms with Gasteiger partial charge in [-0.25, -0.2) is 0 Å². The maximum Gasteiger partial charge on any atom is 0.228 e. The van der Waals surface area contributed by atoms with Gasteiger partial charge < -0.3 is 19.1 Å². The SMILES string of the molecule is COCCN1C[C@H]2C[C@H](C(=O)N3CCOCC3)[C@@H](C1)O2. The molecule has 114 valence electrons. The summed E-state index contributed by atoms with van der Waals surface area (Å²) in [4.78, 5) is 16.9. The van der Waals surface area contributed by atoms with Gasteiger partial charge in [0.2, 0.25) is 5.91 Å². The first kappa shape index (κ1) is 14.3. The number of morpholine rings is 2. The van der Waals surface area contributed by atoms with E-state index in [1.54, 1.807) is 7.11 Å². The van der Waals surface area contributed by atoms with Crippen LogP contribution in [0.25, 0.3) is 0 Å². The lowest BCUT2D eigenvalue weighted by Crippen LogP contribution is -2.48. The number of fused-ring (bicyclic) bond motifs is 2. The summed E-state index contributed by atoms with van der Waals surface area (Å²) in [6, 6.07) is 0. The Bertz CT molecular complexity index is 346. The highest BCUT2D eigenvalue weighted by Gasteiger charge is 2.45. The minimum absolute atomic E-state index is 0.0330. The van der Waals surface area contributed by atoms with Crippen molar-refractivity contribution in [1.29, 1.82) is 0 Å². The zero-order chi connectivity index (χ0) is 13.9. The summed E-state index contributed by atoms with van der Waals surface area (Å²) < 4.78 is 16.4. The molecule has 0 N–H and O–H groups in total. The van der Waals surface area contributed by atoms with Crippen molar-refractivity contribution >= 4 is 5.91 Å². The Morgan fingerprint density at radius 1 is 1.30 bits per heavy atom. The molecule has 6 heteroatoms. The molecule has 0 radical (unpaired) electrons. The van der Waals surface area contributed by atoms with Crippen LogP contribution in [0.15, 0.2) is 0 Å². The fraction of sp³-hybridized carbons (Fsp3) is 0.929. The molecule has 0 aliphatic carbocycles. The Morgan fingerprint density at radius 2 is 2.10 bits per heavy atom. The largest absolute Gasteiger partial charge is 0.383 e. The Morgan fingerprint density at radius 3 is 2.85 bits per heavy atom. The summed E-state index contributed by atoms with van der Waals surface area (Å²) in [5.74, 6) is 0.292. The summed E-state index contributed by atoms with van der Waals surface area (Å²) in [5.41, 5.74) is 0. The van der Waals surface area contributed by atoms with Crippen molar-refractivity contribution in [3.05, 3.63) is 0 Å². The van der Waals surface area contributed by atoms with Gasteiger partial charge in [-0.15, -0.1) is 0 Å². The number of nitrogens with zero attached hydrogens (tertiary/aromatic N) is 2. The quantitative estimate of drug-likeness (QED) is 0.702. The fourth-order valence-corrected chi connectivity index (χ4v) is 3.42. The molecule has 0 aromatic rings. The van der Waals surface area contributed by atoms with E-state index in [1.165, 1.54) is 0 Å². The first-order valence-corrected chi connectivity index (χ1v) is 7.51. The molecule has 6 nitrogen and oxygen atoms in total. The van der Waals surface area contributed by atoms with Crippen molar-refractivity contribution in [1.82, 2.24) is 9.80 Å². The second-order valence-electron chi connectivity index (χ2n) is 5.83. The van der Waals surface area contributed by atoms with Crippen molar-refractivity contribution in [3.63, 3.8) is 0 Å². The summed E-state index contributed by atoms with van der Waals surface area (Å²) >= 11 is 0. The zero-order valence-corrected chi connectivity index (χ0v) is 12.1. The topological polar surface area (TPSA) is 51.2 Å². The first-order valence-electron chi connectivity index (χ1n) is 7.51. The second-order valence-corrected chi connectivity index (χ2v) is 5.83. The lowest BCUT2D eigenvalue weighted by molar-refractivity contribution is -0.142. The molecule has 3 heterocycles. The van der Waals surface area contributed by atoms with Gasteiger partial charge in [0.1, 0.15) is 0 Å². The summed E-state index contributed by atoms with van der Waals surface area (Å²) in [5, 5.41) is 0. The normalized spacial score (nSPS) is 34.5. The molecule has 3 saturated heterocycles. The van der Waals surface area contributed by atoms with E-state index < -0.39 is 0 Å². The second kappa shape index (κ2) is 6.39. The third-order valence-electron chi connectivity index (χ3n) is 4.48. The van der Waals surface area contributed by atoms with E-state index in [2.05, 4.69) is 4.90 Å². The Balaban J connectivity index is 1.57. The summed E-state index contributed by atoms with van der Waals surface area (Å²) in [6.45, 7) is 6.20. The summed E-state index contributed by atoms with van der Waals surface area (Å²) in [6.07, 6.45) is 1.13. The smallest absolute Gasteiger partial charge is 0.228 e. The standard InChI is InChI=1S/C14H24N2O4/c1-18-5-2-15-9-11-8-12(13(10-15)20-11)14(17)16-3-6-19-7-4-16/h11-13H,2-10H2,1H3/t11-,12+,13-/m1/s1. The molecule has 3 fully saturated rings. The summed E-state index contributed by atoms with van der Waals surface area (Å²) in [7, 11) is 1.72. The molecule has 0 aromatic heterocycles. The van der Waals surface area contributed by atoms with E-state index in [-0.39, 0.29) is 24.0 Å². The number of carbonyl (C=O) groups excluding carboxylic acids is 1. The molecule has 0 spiro atoms. The van der Waals surface area contributed by atoms with Crippen LogP contribution in [-0.4, -0.2) is 87.6 Å². The van der Waals surface area contributed by atoms with Gasteiger partial charge in [0, 0.05) is 39.8 Å². The number of hydrogen-bond acceptors (Lipinski definition) is 5. The lowest BCUT2D eigenvalue weighted by Gasteiger charge is -2.34. The van der Waals surface area contributed by atoms with E-state index in [4.69, 9.17) is 14.2 Å². The van der Waals surface area contributed by atoms with E-state index in [9.17, 15) is 4.79 Å². The predicted octanol–water partition coefficient (Wildman–Crippen LogP) is -0.419. The van der Waals surface area contributed by atoms with Crippen LogP contribution >= 0.6 is 0 Å².